The highest BCUT2D eigenvalue weighted by atomic mass is 79.9. The predicted octanol–water partition coefficient (Wildman–Crippen LogP) is 1.40. The van der Waals surface area contributed by atoms with Crippen LogP contribution in [0.25, 0.3) is 0 Å². The summed E-state index contributed by atoms with van der Waals surface area (Å²) in [5, 5.41) is 6.33. The molecular weight excluding hydrogens is 318 g/mol. The molecule has 4 nitrogen and oxygen atoms in total. The Labute approximate surface area is 129 Å². The standard InChI is InChI=1S/C15H22BrN3O/c16-14-4-2-13(3-5-14)12-15(20)18-6-1-9-19-10-7-17-8-11-19/h2-5,17H,1,6-12H2,(H,18,20). The van der Waals surface area contributed by atoms with Crippen LogP contribution in [0, 0.1) is 0 Å². The van der Waals surface area contributed by atoms with Crippen LogP contribution in [0.15, 0.2) is 28.7 Å². The summed E-state index contributed by atoms with van der Waals surface area (Å²) in [6.07, 6.45) is 1.48. The van der Waals surface area contributed by atoms with Crippen molar-refractivity contribution in [1.82, 2.24) is 15.5 Å². The lowest BCUT2D eigenvalue weighted by atomic mass is 10.1. The summed E-state index contributed by atoms with van der Waals surface area (Å²) in [7, 11) is 0. The van der Waals surface area contributed by atoms with E-state index in [1.807, 2.05) is 24.3 Å². The second-order valence-corrected chi connectivity index (χ2v) is 6.01. The van der Waals surface area contributed by atoms with Gasteiger partial charge in [-0.25, -0.2) is 0 Å². The van der Waals surface area contributed by atoms with Gasteiger partial charge in [0.05, 0.1) is 6.42 Å². The number of rotatable bonds is 6. The van der Waals surface area contributed by atoms with Crippen LogP contribution in [0.1, 0.15) is 12.0 Å². The molecule has 2 N–H and O–H groups in total. The van der Waals surface area contributed by atoms with Crippen molar-refractivity contribution in [3.05, 3.63) is 34.3 Å². The van der Waals surface area contributed by atoms with Crippen LogP contribution in [-0.4, -0.2) is 50.1 Å². The minimum Gasteiger partial charge on any atom is -0.356 e. The van der Waals surface area contributed by atoms with Crippen LogP contribution in [0.4, 0.5) is 0 Å². The molecule has 0 saturated carbocycles. The molecule has 1 aliphatic rings. The largest absolute Gasteiger partial charge is 0.356 e. The number of nitrogens with zero attached hydrogens (tertiary/aromatic N) is 1. The van der Waals surface area contributed by atoms with E-state index in [2.05, 4.69) is 31.5 Å². The third-order valence-electron chi connectivity index (χ3n) is 3.46. The third kappa shape index (κ3) is 5.61. The molecule has 1 aromatic rings. The Hall–Kier alpha value is -0.910. The molecule has 2 rings (SSSR count). The monoisotopic (exact) mass is 339 g/mol. The number of carbonyl (C=O) groups excluding carboxylic acids is 1. The first kappa shape index (κ1) is 15.5. The van der Waals surface area contributed by atoms with Gasteiger partial charge in [-0.1, -0.05) is 28.1 Å². The van der Waals surface area contributed by atoms with Gasteiger partial charge in [-0.05, 0) is 30.7 Å². The van der Waals surface area contributed by atoms with Crippen molar-refractivity contribution in [3.8, 4) is 0 Å². The summed E-state index contributed by atoms with van der Waals surface area (Å²) in [5.41, 5.74) is 1.05. The highest BCUT2D eigenvalue weighted by Gasteiger charge is 2.08. The van der Waals surface area contributed by atoms with Crippen LogP contribution in [-0.2, 0) is 11.2 Å². The number of hydrogen-bond donors (Lipinski definition) is 2. The zero-order chi connectivity index (χ0) is 14.2. The maximum atomic E-state index is 11.8. The van der Waals surface area contributed by atoms with Crippen molar-refractivity contribution >= 4 is 21.8 Å². The molecule has 0 unspecified atom stereocenters. The quantitative estimate of drug-likeness (QED) is 0.770. The van der Waals surface area contributed by atoms with Gasteiger partial charge in [0.2, 0.25) is 5.91 Å². The molecule has 0 aromatic heterocycles. The Balaban J connectivity index is 1.59. The Kier molecular flexibility index (Phi) is 6.50. The highest BCUT2D eigenvalue weighted by molar-refractivity contribution is 9.10. The molecule has 1 aliphatic heterocycles. The van der Waals surface area contributed by atoms with Crippen LogP contribution in [0.2, 0.25) is 0 Å². The van der Waals surface area contributed by atoms with Crippen LogP contribution in [0.5, 0.6) is 0 Å². The van der Waals surface area contributed by atoms with Crippen molar-refractivity contribution in [1.29, 1.82) is 0 Å². The van der Waals surface area contributed by atoms with Crippen molar-refractivity contribution in [2.45, 2.75) is 12.8 Å². The Morgan fingerprint density at radius 2 is 1.95 bits per heavy atom. The van der Waals surface area contributed by atoms with Gasteiger partial charge in [0.25, 0.3) is 0 Å². The van der Waals surface area contributed by atoms with Gasteiger partial charge in [-0.15, -0.1) is 0 Å². The molecule has 5 heteroatoms. The lowest BCUT2D eigenvalue weighted by Crippen LogP contribution is -2.44. The summed E-state index contributed by atoms with van der Waals surface area (Å²) in [4.78, 5) is 14.2. The van der Waals surface area contributed by atoms with E-state index in [0.29, 0.717) is 6.42 Å². The maximum Gasteiger partial charge on any atom is 0.224 e. The lowest BCUT2D eigenvalue weighted by molar-refractivity contribution is -0.120. The lowest BCUT2D eigenvalue weighted by Gasteiger charge is -2.27. The van der Waals surface area contributed by atoms with E-state index in [-0.39, 0.29) is 5.91 Å². The number of carbonyl (C=O) groups is 1. The topological polar surface area (TPSA) is 44.4 Å². The maximum absolute atomic E-state index is 11.8. The number of halogens is 1. The smallest absolute Gasteiger partial charge is 0.224 e. The Bertz CT molecular complexity index is 416. The number of amides is 1. The van der Waals surface area contributed by atoms with Crippen LogP contribution in [0.3, 0.4) is 0 Å². The second-order valence-electron chi connectivity index (χ2n) is 5.10. The molecule has 1 saturated heterocycles. The first-order chi connectivity index (χ1) is 9.74. The van der Waals surface area contributed by atoms with Crippen LogP contribution >= 0.6 is 15.9 Å². The van der Waals surface area contributed by atoms with E-state index < -0.39 is 0 Å². The summed E-state index contributed by atoms with van der Waals surface area (Å²) in [5.74, 6) is 0.104. The average molecular weight is 340 g/mol. The minimum absolute atomic E-state index is 0.104. The SMILES string of the molecule is O=C(Cc1ccc(Br)cc1)NCCCN1CCNCC1. The fraction of sp³-hybridized carbons (Fsp3) is 0.533. The summed E-state index contributed by atoms with van der Waals surface area (Å²) in [6, 6.07) is 7.88. The zero-order valence-electron chi connectivity index (χ0n) is 11.7. The van der Waals surface area contributed by atoms with Crippen molar-refractivity contribution in [3.63, 3.8) is 0 Å². The molecule has 0 atom stereocenters. The summed E-state index contributed by atoms with van der Waals surface area (Å²) in [6.45, 7) is 6.23. The summed E-state index contributed by atoms with van der Waals surface area (Å²) >= 11 is 3.39. The van der Waals surface area contributed by atoms with Gasteiger partial charge in [-0.3, -0.25) is 4.79 Å². The normalized spacial score (nSPS) is 16.1. The molecule has 1 amide bonds. The molecular formula is C15H22BrN3O. The van der Waals surface area contributed by atoms with Gasteiger partial charge < -0.3 is 15.5 Å². The van der Waals surface area contributed by atoms with Crippen molar-refractivity contribution in [2.75, 3.05) is 39.3 Å². The fourth-order valence-corrected chi connectivity index (χ4v) is 2.58. The van der Waals surface area contributed by atoms with E-state index in [1.54, 1.807) is 0 Å². The fourth-order valence-electron chi connectivity index (χ4n) is 2.32. The van der Waals surface area contributed by atoms with Gasteiger partial charge in [0.1, 0.15) is 0 Å². The van der Waals surface area contributed by atoms with E-state index in [9.17, 15) is 4.79 Å². The molecule has 20 heavy (non-hydrogen) atoms. The van der Waals surface area contributed by atoms with Gasteiger partial charge >= 0.3 is 0 Å². The predicted molar refractivity (Wildman–Crippen MR) is 84.8 cm³/mol. The van der Waals surface area contributed by atoms with Crippen molar-refractivity contribution in [2.24, 2.45) is 0 Å². The zero-order valence-corrected chi connectivity index (χ0v) is 13.3. The second kappa shape index (κ2) is 8.39. The minimum atomic E-state index is 0.104. The molecule has 1 heterocycles. The molecule has 0 radical (unpaired) electrons. The number of piperazine rings is 1. The summed E-state index contributed by atoms with van der Waals surface area (Å²) < 4.78 is 1.04. The first-order valence-corrected chi connectivity index (χ1v) is 7.97. The molecule has 1 fully saturated rings. The number of benzene rings is 1. The number of nitrogens with one attached hydrogen (secondary N) is 2. The molecule has 0 bridgehead atoms. The molecule has 0 spiro atoms. The highest BCUT2D eigenvalue weighted by Crippen LogP contribution is 2.10. The average Bonchev–Trinajstić information content (AvgIpc) is 2.47. The molecule has 1 aromatic carbocycles. The first-order valence-electron chi connectivity index (χ1n) is 7.18. The van der Waals surface area contributed by atoms with E-state index in [1.165, 1.54) is 0 Å². The van der Waals surface area contributed by atoms with Crippen molar-refractivity contribution < 1.29 is 4.79 Å². The van der Waals surface area contributed by atoms with Gasteiger partial charge in [0.15, 0.2) is 0 Å². The van der Waals surface area contributed by atoms with Gasteiger partial charge in [-0.2, -0.15) is 0 Å². The third-order valence-corrected chi connectivity index (χ3v) is 3.99. The van der Waals surface area contributed by atoms with Gasteiger partial charge in [0, 0.05) is 37.2 Å². The Morgan fingerprint density at radius 1 is 1.25 bits per heavy atom. The number of hydrogen-bond acceptors (Lipinski definition) is 3. The van der Waals surface area contributed by atoms with E-state index >= 15 is 0 Å². The Morgan fingerprint density at radius 3 is 2.65 bits per heavy atom. The molecule has 0 aliphatic carbocycles. The van der Waals surface area contributed by atoms with Crippen LogP contribution < -0.4 is 10.6 Å². The van der Waals surface area contributed by atoms with E-state index in [4.69, 9.17) is 0 Å². The van der Waals surface area contributed by atoms with E-state index in [0.717, 1.165) is 55.7 Å². The molecule has 110 valence electrons.